The van der Waals surface area contributed by atoms with Crippen LogP contribution in [0, 0.1) is 0 Å². The molecule has 0 spiro atoms. The highest BCUT2D eigenvalue weighted by molar-refractivity contribution is 5.94. The molecule has 1 fully saturated rings. The summed E-state index contributed by atoms with van der Waals surface area (Å²) in [6.07, 6.45) is 3.75. The lowest BCUT2D eigenvalue weighted by atomic mass is 10.1. The van der Waals surface area contributed by atoms with Gasteiger partial charge in [-0.1, -0.05) is 12.1 Å². The van der Waals surface area contributed by atoms with E-state index in [2.05, 4.69) is 51.3 Å². The second-order valence-corrected chi connectivity index (χ2v) is 6.98. The molecule has 5 heteroatoms. The van der Waals surface area contributed by atoms with Gasteiger partial charge in [0.15, 0.2) is 5.78 Å². The Morgan fingerprint density at radius 3 is 2.19 bits per heavy atom. The summed E-state index contributed by atoms with van der Waals surface area (Å²) >= 11 is 0. The third-order valence-electron chi connectivity index (χ3n) is 5.12. The standard InChI is InChI=1S/C22H24N4O/c1-18(27)20-5-9-21(10-6-20)25-15-13-24(14-16-25)17-19-3-7-22(8-4-19)26-12-2-11-23-26/h2-12H,13-17H2,1H3. The predicted molar refractivity (Wildman–Crippen MR) is 108 cm³/mol. The van der Waals surface area contributed by atoms with Crippen molar-refractivity contribution in [3.8, 4) is 5.69 Å². The quantitative estimate of drug-likeness (QED) is 0.654. The summed E-state index contributed by atoms with van der Waals surface area (Å²) in [6, 6.07) is 18.5. The topological polar surface area (TPSA) is 41.4 Å². The molecule has 0 unspecified atom stereocenters. The number of ketones is 1. The van der Waals surface area contributed by atoms with Crippen LogP contribution in [-0.2, 0) is 6.54 Å². The smallest absolute Gasteiger partial charge is 0.159 e. The minimum Gasteiger partial charge on any atom is -0.369 e. The van der Waals surface area contributed by atoms with Gasteiger partial charge in [-0.05, 0) is 55.0 Å². The average molecular weight is 360 g/mol. The predicted octanol–water partition coefficient (Wildman–Crippen LogP) is 3.40. The summed E-state index contributed by atoms with van der Waals surface area (Å²) in [5, 5.41) is 4.27. The van der Waals surface area contributed by atoms with Crippen molar-refractivity contribution in [2.45, 2.75) is 13.5 Å². The highest BCUT2D eigenvalue weighted by atomic mass is 16.1. The largest absolute Gasteiger partial charge is 0.369 e. The van der Waals surface area contributed by atoms with Crippen molar-refractivity contribution >= 4 is 11.5 Å². The second kappa shape index (κ2) is 7.76. The zero-order chi connectivity index (χ0) is 18.6. The maximum atomic E-state index is 11.4. The molecule has 0 N–H and O–H groups in total. The molecule has 138 valence electrons. The minimum atomic E-state index is 0.116. The van der Waals surface area contributed by atoms with Gasteiger partial charge in [0, 0.05) is 56.4 Å². The van der Waals surface area contributed by atoms with Gasteiger partial charge in [-0.3, -0.25) is 9.69 Å². The van der Waals surface area contributed by atoms with E-state index in [-0.39, 0.29) is 5.78 Å². The first-order chi connectivity index (χ1) is 13.2. The molecule has 1 saturated heterocycles. The van der Waals surface area contributed by atoms with E-state index in [1.54, 1.807) is 13.1 Å². The number of carbonyl (C=O) groups is 1. The van der Waals surface area contributed by atoms with Crippen LogP contribution in [0.3, 0.4) is 0 Å². The first kappa shape index (κ1) is 17.5. The zero-order valence-corrected chi connectivity index (χ0v) is 15.6. The fourth-order valence-electron chi connectivity index (χ4n) is 3.50. The van der Waals surface area contributed by atoms with Crippen LogP contribution in [0.15, 0.2) is 67.0 Å². The van der Waals surface area contributed by atoms with E-state index < -0.39 is 0 Å². The minimum absolute atomic E-state index is 0.116. The molecular weight excluding hydrogens is 336 g/mol. The Kier molecular flexibility index (Phi) is 5.03. The zero-order valence-electron chi connectivity index (χ0n) is 15.6. The van der Waals surface area contributed by atoms with Crippen molar-refractivity contribution in [1.82, 2.24) is 14.7 Å². The Hall–Kier alpha value is -2.92. The van der Waals surface area contributed by atoms with Gasteiger partial charge in [0.1, 0.15) is 0 Å². The maximum absolute atomic E-state index is 11.4. The Morgan fingerprint density at radius 2 is 1.59 bits per heavy atom. The number of aromatic nitrogens is 2. The van der Waals surface area contributed by atoms with Crippen LogP contribution < -0.4 is 4.90 Å². The van der Waals surface area contributed by atoms with E-state index in [1.807, 2.05) is 29.1 Å². The summed E-state index contributed by atoms with van der Waals surface area (Å²) in [4.78, 5) is 16.3. The molecule has 0 atom stereocenters. The number of anilines is 1. The van der Waals surface area contributed by atoms with Crippen molar-refractivity contribution in [1.29, 1.82) is 0 Å². The summed E-state index contributed by atoms with van der Waals surface area (Å²) in [7, 11) is 0. The lowest BCUT2D eigenvalue weighted by Crippen LogP contribution is -2.45. The maximum Gasteiger partial charge on any atom is 0.159 e. The van der Waals surface area contributed by atoms with Gasteiger partial charge in [0.05, 0.1) is 5.69 Å². The van der Waals surface area contributed by atoms with E-state index in [9.17, 15) is 4.79 Å². The number of hydrogen-bond acceptors (Lipinski definition) is 4. The van der Waals surface area contributed by atoms with Crippen molar-refractivity contribution in [2.75, 3.05) is 31.1 Å². The van der Waals surface area contributed by atoms with Gasteiger partial charge < -0.3 is 4.90 Å². The normalized spacial score (nSPS) is 15.1. The van der Waals surface area contributed by atoms with Crippen molar-refractivity contribution in [3.63, 3.8) is 0 Å². The lowest BCUT2D eigenvalue weighted by molar-refractivity contribution is 0.101. The Labute approximate surface area is 159 Å². The molecule has 1 aliphatic heterocycles. The SMILES string of the molecule is CC(=O)c1ccc(N2CCN(Cc3ccc(-n4cccn4)cc3)CC2)cc1. The van der Waals surface area contributed by atoms with Gasteiger partial charge in [-0.25, -0.2) is 4.68 Å². The first-order valence-electron chi connectivity index (χ1n) is 9.36. The monoisotopic (exact) mass is 360 g/mol. The van der Waals surface area contributed by atoms with Crippen LogP contribution in [0.4, 0.5) is 5.69 Å². The molecule has 2 aromatic carbocycles. The molecule has 0 saturated carbocycles. The lowest BCUT2D eigenvalue weighted by Gasteiger charge is -2.36. The molecule has 0 aliphatic carbocycles. The van der Waals surface area contributed by atoms with Crippen molar-refractivity contribution in [3.05, 3.63) is 78.1 Å². The molecule has 27 heavy (non-hydrogen) atoms. The summed E-state index contributed by atoms with van der Waals surface area (Å²) in [5.74, 6) is 0.116. The first-order valence-corrected chi connectivity index (χ1v) is 9.36. The molecule has 1 aromatic heterocycles. The Morgan fingerprint density at radius 1 is 0.926 bits per heavy atom. The molecule has 4 rings (SSSR count). The highest BCUT2D eigenvalue weighted by Gasteiger charge is 2.17. The Bertz CT molecular complexity index is 877. The summed E-state index contributed by atoms with van der Waals surface area (Å²) < 4.78 is 1.87. The van der Waals surface area contributed by atoms with Gasteiger partial charge in [0.25, 0.3) is 0 Å². The number of rotatable bonds is 5. The molecule has 1 aliphatic rings. The van der Waals surface area contributed by atoms with Gasteiger partial charge >= 0.3 is 0 Å². The molecule has 0 radical (unpaired) electrons. The highest BCUT2D eigenvalue weighted by Crippen LogP contribution is 2.19. The van der Waals surface area contributed by atoms with E-state index >= 15 is 0 Å². The molecular formula is C22H24N4O. The average Bonchev–Trinajstić information content (AvgIpc) is 3.24. The van der Waals surface area contributed by atoms with Crippen LogP contribution in [0.2, 0.25) is 0 Å². The van der Waals surface area contributed by atoms with E-state index in [4.69, 9.17) is 0 Å². The number of benzene rings is 2. The second-order valence-electron chi connectivity index (χ2n) is 6.98. The van der Waals surface area contributed by atoms with Gasteiger partial charge in [0.2, 0.25) is 0 Å². The molecule has 3 aromatic rings. The number of hydrogen-bond donors (Lipinski definition) is 0. The van der Waals surface area contributed by atoms with Crippen molar-refractivity contribution < 1.29 is 4.79 Å². The van der Waals surface area contributed by atoms with Crippen LogP contribution in [0.5, 0.6) is 0 Å². The fourth-order valence-corrected chi connectivity index (χ4v) is 3.50. The fraction of sp³-hybridized carbons (Fsp3) is 0.273. The number of Topliss-reactive ketones (excluding diaryl/α,β-unsaturated/α-hetero) is 1. The Balaban J connectivity index is 1.32. The molecule has 0 bridgehead atoms. The van der Waals surface area contributed by atoms with Crippen LogP contribution >= 0.6 is 0 Å². The van der Waals surface area contributed by atoms with Crippen molar-refractivity contribution in [2.24, 2.45) is 0 Å². The number of nitrogens with zero attached hydrogens (tertiary/aromatic N) is 4. The van der Waals surface area contributed by atoms with E-state index in [0.717, 1.165) is 44.0 Å². The van der Waals surface area contributed by atoms with Crippen LogP contribution in [0.1, 0.15) is 22.8 Å². The summed E-state index contributed by atoms with van der Waals surface area (Å²) in [6.45, 7) is 6.66. The van der Waals surface area contributed by atoms with Crippen LogP contribution in [0.25, 0.3) is 5.69 Å². The van der Waals surface area contributed by atoms with E-state index in [0.29, 0.717) is 0 Å². The molecule has 2 heterocycles. The van der Waals surface area contributed by atoms with Crippen LogP contribution in [-0.4, -0.2) is 46.6 Å². The number of piperazine rings is 1. The van der Waals surface area contributed by atoms with Gasteiger partial charge in [-0.15, -0.1) is 0 Å². The molecule has 0 amide bonds. The van der Waals surface area contributed by atoms with E-state index in [1.165, 1.54) is 11.3 Å². The summed E-state index contributed by atoms with van der Waals surface area (Å²) in [5.41, 5.74) is 4.38. The third kappa shape index (κ3) is 4.09. The third-order valence-corrected chi connectivity index (χ3v) is 5.12. The molecule has 5 nitrogen and oxygen atoms in total. The number of carbonyl (C=O) groups excluding carboxylic acids is 1. The van der Waals surface area contributed by atoms with Gasteiger partial charge in [-0.2, -0.15) is 5.10 Å².